The van der Waals surface area contributed by atoms with E-state index < -0.39 is 0 Å². The molecule has 0 bridgehead atoms. The van der Waals surface area contributed by atoms with E-state index in [9.17, 15) is 4.79 Å². The molecule has 0 N–H and O–H groups in total. The molecule has 1 aromatic carbocycles. The third-order valence-corrected chi connectivity index (χ3v) is 4.11. The molecule has 2 heterocycles. The molecule has 0 radical (unpaired) electrons. The summed E-state index contributed by atoms with van der Waals surface area (Å²) in [6.45, 7) is 1.95. The Labute approximate surface area is 121 Å². The zero-order valence-electron chi connectivity index (χ0n) is 11.2. The molecule has 3 rings (SSSR count). The number of para-hydroxylation sites is 1. The lowest BCUT2D eigenvalue weighted by Gasteiger charge is -2.04. The van der Waals surface area contributed by atoms with Crippen LogP contribution < -0.4 is 0 Å². The molecule has 0 unspecified atom stereocenters. The van der Waals surface area contributed by atoms with E-state index >= 15 is 0 Å². The Bertz CT molecular complexity index is 759. The van der Waals surface area contributed by atoms with E-state index in [2.05, 4.69) is 9.97 Å². The van der Waals surface area contributed by atoms with Gasteiger partial charge in [0.05, 0.1) is 11.9 Å². The second kappa shape index (κ2) is 5.51. The predicted molar refractivity (Wildman–Crippen MR) is 81.0 cm³/mol. The van der Waals surface area contributed by atoms with Crippen LogP contribution in [-0.4, -0.2) is 15.8 Å². The number of pyridine rings is 1. The first kappa shape index (κ1) is 12.9. The molecule has 0 aliphatic heterocycles. The summed E-state index contributed by atoms with van der Waals surface area (Å²) in [5.41, 5.74) is 2.95. The number of ketones is 1. The summed E-state index contributed by atoms with van der Waals surface area (Å²) in [4.78, 5) is 20.8. The highest BCUT2D eigenvalue weighted by Gasteiger charge is 2.10. The van der Waals surface area contributed by atoms with Gasteiger partial charge in [-0.05, 0) is 24.6 Å². The Balaban J connectivity index is 1.81. The van der Waals surface area contributed by atoms with E-state index in [1.54, 1.807) is 17.5 Å². The van der Waals surface area contributed by atoms with Gasteiger partial charge in [0.15, 0.2) is 0 Å². The van der Waals surface area contributed by atoms with Gasteiger partial charge in [-0.1, -0.05) is 18.2 Å². The summed E-state index contributed by atoms with van der Waals surface area (Å²) in [5.74, 6) is 0.190. The van der Waals surface area contributed by atoms with Gasteiger partial charge < -0.3 is 0 Å². The number of nitrogens with zero attached hydrogens (tertiary/aromatic N) is 2. The second-order valence-electron chi connectivity index (χ2n) is 4.76. The van der Waals surface area contributed by atoms with Crippen LogP contribution in [0.15, 0.2) is 41.9 Å². The molecular weight excluding hydrogens is 268 g/mol. The minimum absolute atomic E-state index is 0.190. The summed E-state index contributed by atoms with van der Waals surface area (Å²) in [7, 11) is 0. The van der Waals surface area contributed by atoms with Crippen molar-refractivity contribution in [2.75, 3.05) is 0 Å². The van der Waals surface area contributed by atoms with Gasteiger partial charge in [0.25, 0.3) is 0 Å². The summed E-state index contributed by atoms with van der Waals surface area (Å²) in [6.07, 6.45) is 2.61. The average Bonchev–Trinajstić information content (AvgIpc) is 2.84. The van der Waals surface area contributed by atoms with Gasteiger partial charge in [0, 0.05) is 29.1 Å². The Kier molecular flexibility index (Phi) is 3.56. The Morgan fingerprint density at radius 1 is 1.20 bits per heavy atom. The number of Topliss-reactive ketones (excluding diaryl/α,β-unsaturated/α-hetero) is 1. The number of hydrogen-bond donors (Lipinski definition) is 0. The lowest BCUT2D eigenvalue weighted by atomic mass is 10.0. The van der Waals surface area contributed by atoms with Crippen LogP contribution in [0.1, 0.15) is 16.3 Å². The first-order valence-corrected chi connectivity index (χ1v) is 7.35. The molecule has 0 saturated heterocycles. The molecule has 0 amide bonds. The highest BCUT2D eigenvalue weighted by atomic mass is 32.1. The fraction of sp³-hybridized carbons (Fsp3) is 0.188. The second-order valence-corrected chi connectivity index (χ2v) is 5.70. The predicted octanol–water partition coefficient (Wildman–Crippen LogP) is 3.35. The maximum atomic E-state index is 12.2. The lowest BCUT2D eigenvalue weighted by molar-refractivity contribution is -0.117. The number of hydrogen-bond acceptors (Lipinski definition) is 4. The quantitative estimate of drug-likeness (QED) is 0.737. The van der Waals surface area contributed by atoms with Crippen molar-refractivity contribution in [2.45, 2.75) is 19.8 Å². The molecular formula is C16H14N2OS. The van der Waals surface area contributed by atoms with Crippen LogP contribution in [0, 0.1) is 6.92 Å². The maximum absolute atomic E-state index is 12.2. The van der Waals surface area contributed by atoms with Crippen molar-refractivity contribution in [3.63, 3.8) is 0 Å². The van der Waals surface area contributed by atoms with E-state index in [-0.39, 0.29) is 5.78 Å². The highest BCUT2D eigenvalue weighted by Crippen LogP contribution is 2.18. The van der Waals surface area contributed by atoms with E-state index in [0.29, 0.717) is 12.8 Å². The van der Waals surface area contributed by atoms with Gasteiger partial charge in [-0.2, -0.15) is 0 Å². The van der Waals surface area contributed by atoms with Gasteiger partial charge in [-0.3, -0.25) is 9.78 Å². The summed E-state index contributed by atoms with van der Waals surface area (Å²) >= 11 is 1.55. The molecule has 3 nitrogen and oxygen atoms in total. The van der Waals surface area contributed by atoms with Crippen molar-refractivity contribution in [3.05, 3.63) is 58.2 Å². The molecule has 0 spiro atoms. The summed E-state index contributed by atoms with van der Waals surface area (Å²) in [5, 5.41) is 3.93. The van der Waals surface area contributed by atoms with Crippen LogP contribution >= 0.6 is 11.3 Å². The molecule has 0 aliphatic rings. The number of thiazole rings is 1. The van der Waals surface area contributed by atoms with Crippen molar-refractivity contribution in [2.24, 2.45) is 0 Å². The van der Waals surface area contributed by atoms with E-state index in [4.69, 9.17) is 0 Å². The van der Waals surface area contributed by atoms with Crippen LogP contribution in [0.25, 0.3) is 10.9 Å². The van der Waals surface area contributed by atoms with E-state index in [0.717, 1.165) is 27.2 Å². The minimum atomic E-state index is 0.190. The SMILES string of the molecule is Cc1csc(CC(=O)Cc2ccnc3ccccc23)n1. The Morgan fingerprint density at radius 2 is 2.05 bits per heavy atom. The molecule has 0 atom stereocenters. The number of aromatic nitrogens is 2. The van der Waals surface area contributed by atoms with Crippen LogP contribution in [0.4, 0.5) is 0 Å². The Hall–Kier alpha value is -2.07. The monoisotopic (exact) mass is 282 g/mol. The van der Waals surface area contributed by atoms with Gasteiger partial charge >= 0.3 is 0 Å². The van der Waals surface area contributed by atoms with Crippen LogP contribution in [0.5, 0.6) is 0 Å². The van der Waals surface area contributed by atoms with Gasteiger partial charge in [-0.25, -0.2) is 4.98 Å². The highest BCUT2D eigenvalue weighted by molar-refractivity contribution is 7.09. The maximum Gasteiger partial charge on any atom is 0.144 e. The van der Waals surface area contributed by atoms with Crippen molar-refractivity contribution in [1.29, 1.82) is 0 Å². The smallest absolute Gasteiger partial charge is 0.144 e. The number of benzene rings is 1. The fourth-order valence-electron chi connectivity index (χ4n) is 2.24. The normalized spacial score (nSPS) is 10.8. The zero-order valence-corrected chi connectivity index (χ0v) is 12.0. The minimum Gasteiger partial charge on any atom is -0.299 e. The molecule has 0 saturated carbocycles. The number of carbonyl (C=O) groups excluding carboxylic acids is 1. The van der Waals surface area contributed by atoms with Gasteiger partial charge in [0.1, 0.15) is 10.8 Å². The van der Waals surface area contributed by atoms with Crippen molar-refractivity contribution in [1.82, 2.24) is 9.97 Å². The molecule has 2 aromatic heterocycles. The average molecular weight is 282 g/mol. The fourth-order valence-corrected chi connectivity index (χ4v) is 3.04. The molecule has 20 heavy (non-hydrogen) atoms. The van der Waals surface area contributed by atoms with E-state index in [1.165, 1.54) is 0 Å². The first-order valence-electron chi connectivity index (χ1n) is 6.48. The molecule has 0 aliphatic carbocycles. The first-order chi connectivity index (χ1) is 9.72. The lowest BCUT2D eigenvalue weighted by Crippen LogP contribution is -2.07. The number of aryl methyl sites for hydroxylation is 1. The van der Waals surface area contributed by atoms with Crippen molar-refractivity contribution < 1.29 is 4.79 Å². The van der Waals surface area contributed by atoms with Crippen molar-refractivity contribution >= 4 is 28.0 Å². The van der Waals surface area contributed by atoms with Crippen LogP contribution in [0.3, 0.4) is 0 Å². The molecule has 3 aromatic rings. The third kappa shape index (κ3) is 2.75. The topological polar surface area (TPSA) is 42.9 Å². The van der Waals surface area contributed by atoms with Crippen LogP contribution in [-0.2, 0) is 17.6 Å². The van der Waals surface area contributed by atoms with Gasteiger partial charge in [0.2, 0.25) is 0 Å². The molecule has 4 heteroatoms. The molecule has 0 fully saturated rings. The van der Waals surface area contributed by atoms with Crippen molar-refractivity contribution in [3.8, 4) is 0 Å². The summed E-state index contributed by atoms with van der Waals surface area (Å²) < 4.78 is 0. The third-order valence-electron chi connectivity index (χ3n) is 3.14. The number of carbonyl (C=O) groups is 1. The number of fused-ring (bicyclic) bond motifs is 1. The zero-order chi connectivity index (χ0) is 13.9. The standard InChI is InChI=1S/C16H14N2OS/c1-11-10-20-16(18-11)9-13(19)8-12-6-7-17-15-5-3-2-4-14(12)15/h2-7,10H,8-9H2,1H3. The molecule has 100 valence electrons. The number of rotatable bonds is 4. The summed E-state index contributed by atoms with van der Waals surface area (Å²) in [6, 6.07) is 9.83. The van der Waals surface area contributed by atoms with Crippen LogP contribution in [0.2, 0.25) is 0 Å². The Morgan fingerprint density at radius 3 is 2.85 bits per heavy atom. The van der Waals surface area contributed by atoms with Gasteiger partial charge in [-0.15, -0.1) is 11.3 Å². The largest absolute Gasteiger partial charge is 0.299 e. The van der Waals surface area contributed by atoms with E-state index in [1.807, 2.05) is 42.6 Å².